The van der Waals surface area contributed by atoms with Gasteiger partial charge >= 0.3 is 6.03 Å². The minimum atomic E-state index is -0.982. The number of aryl methyl sites for hydroxylation is 1. The Morgan fingerprint density at radius 2 is 1.93 bits per heavy atom. The maximum atomic E-state index is 12.7. The number of benzene rings is 1. The fourth-order valence-corrected chi connectivity index (χ4v) is 3.79. The fourth-order valence-electron chi connectivity index (χ4n) is 3.08. The van der Waals surface area contributed by atoms with Crippen molar-refractivity contribution < 1.29 is 14.4 Å². The molecule has 0 unspecified atom stereocenters. The molecular weight excluding hydrogens is 362 g/mol. The molecule has 2 N–H and O–H groups in total. The van der Waals surface area contributed by atoms with Crippen molar-refractivity contribution in [3.8, 4) is 0 Å². The van der Waals surface area contributed by atoms with Crippen molar-refractivity contribution >= 4 is 29.2 Å². The third kappa shape index (κ3) is 4.74. The lowest BCUT2D eigenvalue weighted by Crippen LogP contribution is -2.45. The maximum absolute atomic E-state index is 12.7. The molecule has 0 spiro atoms. The SMILES string of the molecule is C[C@@]1(CCc2ccccc2)NC(=O)N(CC(=O)NCCc2cccs2)C1=O. The summed E-state index contributed by atoms with van der Waals surface area (Å²) in [5.74, 6) is -0.681. The maximum Gasteiger partial charge on any atom is 0.325 e. The molecule has 27 heavy (non-hydrogen) atoms. The minimum absolute atomic E-state index is 0.254. The lowest BCUT2D eigenvalue weighted by Gasteiger charge is -2.21. The second-order valence-corrected chi connectivity index (χ2v) is 7.85. The number of nitrogens with zero attached hydrogens (tertiary/aromatic N) is 1. The van der Waals surface area contributed by atoms with Crippen LogP contribution in [0.3, 0.4) is 0 Å². The summed E-state index contributed by atoms with van der Waals surface area (Å²) in [5.41, 5.74) is 0.120. The molecule has 1 saturated heterocycles. The van der Waals surface area contributed by atoms with E-state index in [1.165, 1.54) is 4.88 Å². The smallest absolute Gasteiger partial charge is 0.325 e. The van der Waals surface area contributed by atoms with E-state index in [9.17, 15) is 14.4 Å². The number of nitrogens with one attached hydrogen (secondary N) is 2. The van der Waals surface area contributed by atoms with Gasteiger partial charge in [-0.15, -0.1) is 11.3 Å². The van der Waals surface area contributed by atoms with Crippen LogP contribution >= 0.6 is 11.3 Å². The van der Waals surface area contributed by atoms with E-state index in [1.807, 2.05) is 47.8 Å². The van der Waals surface area contributed by atoms with Crippen LogP contribution in [0.5, 0.6) is 0 Å². The van der Waals surface area contributed by atoms with Crippen LogP contribution in [-0.2, 0) is 22.4 Å². The van der Waals surface area contributed by atoms with E-state index in [2.05, 4.69) is 10.6 Å². The summed E-state index contributed by atoms with van der Waals surface area (Å²) in [7, 11) is 0. The predicted octanol–water partition coefficient (Wildman–Crippen LogP) is 2.35. The molecule has 2 aromatic rings. The molecule has 0 radical (unpaired) electrons. The molecule has 1 aromatic carbocycles. The average molecular weight is 385 g/mol. The van der Waals surface area contributed by atoms with Gasteiger partial charge < -0.3 is 10.6 Å². The van der Waals surface area contributed by atoms with Gasteiger partial charge in [0.15, 0.2) is 0 Å². The van der Waals surface area contributed by atoms with Gasteiger partial charge in [0.05, 0.1) is 0 Å². The monoisotopic (exact) mass is 385 g/mol. The summed E-state index contributed by atoms with van der Waals surface area (Å²) in [6.45, 7) is 1.94. The fraction of sp³-hybridized carbons (Fsp3) is 0.350. The van der Waals surface area contributed by atoms with Crippen molar-refractivity contribution in [2.45, 2.75) is 31.7 Å². The Morgan fingerprint density at radius 1 is 1.15 bits per heavy atom. The number of imide groups is 1. The summed E-state index contributed by atoms with van der Waals surface area (Å²) in [6, 6.07) is 13.3. The zero-order valence-electron chi connectivity index (χ0n) is 15.2. The molecule has 0 aliphatic carbocycles. The molecule has 1 atom stereocenters. The Kier molecular flexibility index (Phi) is 5.91. The number of hydrogen-bond donors (Lipinski definition) is 2. The molecule has 4 amide bonds. The number of hydrogen-bond acceptors (Lipinski definition) is 4. The van der Waals surface area contributed by atoms with Crippen LogP contribution in [0.4, 0.5) is 4.79 Å². The summed E-state index contributed by atoms with van der Waals surface area (Å²) in [5, 5.41) is 7.50. The van der Waals surface area contributed by atoms with Gasteiger partial charge in [-0.25, -0.2) is 4.79 Å². The Balaban J connectivity index is 1.51. The summed E-state index contributed by atoms with van der Waals surface area (Å²) in [6.07, 6.45) is 1.89. The summed E-state index contributed by atoms with van der Waals surface area (Å²) < 4.78 is 0. The molecule has 1 aromatic heterocycles. The quantitative estimate of drug-likeness (QED) is 0.685. The molecule has 1 fully saturated rings. The molecule has 1 aliphatic rings. The normalized spacial score (nSPS) is 19.2. The first kappa shape index (κ1) is 19.1. The highest BCUT2D eigenvalue weighted by Gasteiger charge is 2.47. The van der Waals surface area contributed by atoms with E-state index in [-0.39, 0.29) is 18.4 Å². The Bertz CT molecular complexity index is 807. The number of urea groups is 1. The highest BCUT2D eigenvalue weighted by molar-refractivity contribution is 7.09. The largest absolute Gasteiger partial charge is 0.354 e. The van der Waals surface area contributed by atoms with Crippen LogP contribution in [0.1, 0.15) is 23.8 Å². The van der Waals surface area contributed by atoms with Crippen LogP contribution in [0.2, 0.25) is 0 Å². The zero-order valence-corrected chi connectivity index (χ0v) is 16.1. The molecule has 3 rings (SSSR count). The van der Waals surface area contributed by atoms with Crippen molar-refractivity contribution in [3.05, 3.63) is 58.3 Å². The topological polar surface area (TPSA) is 78.5 Å². The van der Waals surface area contributed by atoms with Crippen molar-refractivity contribution in [3.63, 3.8) is 0 Å². The number of rotatable bonds is 8. The first-order valence-corrected chi connectivity index (χ1v) is 9.83. The van der Waals surface area contributed by atoms with Crippen LogP contribution in [0.15, 0.2) is 47.8 Å². The second-order valence-electron chi connectivity index (χ2n) is 6.82. The standard InChI is InChI=1S/C20H23N3O3S/c1-20(11-9-15-6-3-2-4-7-15)18(25)23(19(26)22-20)14-17(24)21-12-10-16-8-5-13-27-16/h2-8,13H,9-12,14H2,1H3,(H,21,24)(H,22,26)/t20-/m0/s1. The third-order valence-corrected chi connectivity index (χ3v) is 5.61. The second kappa shape index (κ2) is 8.35. The van der Waals surface area contributed by atoms with E-state index < -0.39 is 11.6 Å². The van der Waals surface area contributed by atoms with E-state index >= 15 is 0 Å². The highest BCUT2D eigenvalue weighted by atomic mass is 32.1. The molecule has 6 nitrogen and oxygen atoms in total. The van der Waals surface area contributed by atoms with E-state index in [4.69, 9.17) is 0 Å². The highest BCUT2D eigenvalue weighted by Crippen LogP contribution is 2.23. The lowest BCUT2D eigenvalue weighted by atomic mass is 9.93. The number of carbonyl (C=O) groups excluding carboxylic acids is 3. The van der Waals surface area contributed by atoms with Crippen molar-refractivity contribution in [1.82, 2.24) is 15.5 Å². The van der Waals surface area contributed by atoms with Gasteiger partial charge in [-0.3, -0.25) is 14.5 Å². The molecule has 0 bridgehead atoms. The average Bonchev–Trinajstić information content (AvgIpc) is 3.24. The zero-order chi connectivity index (χ0) is 19.3. The van der Waals surface area contributed by atoms with Crippen LogP contribution in [-0.4, -0.2) is 41.4 Å². The number of amides is 4. The predicted molar refractivity (Wildman–Crippen MR) is 104 cm³/mol. The van der Waals surface area contributed by atoms with Gasteiger partial charge in [0, 0.05) is 11.4 Å². The molecule has 2 heterocycles. The van der Waals surface area contributed by atoms with Gasteiger partial charge in [0.2, 0.25) is 5.91 Å². The molecular formula is C20H23N3O3S. The van der Waals surface area contributed by atoms with Crippen molar-refractivity contribution in [2.24, 2.45) is 0 Å². The molecule has 1 aliphatic heterocycles. The number of thiophene rings is 1. The molecule has 142 valence electrons. The van der Waals surface area contributed by atoms with Gasteiger partial charge in [0.25, 0.3) is 5.91 Å². The van der Waals surface area contributed by atoms with E-state index in [0.717, 1.165) is 16.9 Å². The third-order valence-electron chi connectivity index (χ3n) is 4.68. The first-order chi connectivity index (χ1) is 13.0. The van der Waals surface area contributed by atoms with Crippen LogP contribution in [0.25, 0.3) is 0 Å². The van der Waals surface area contributed by atoms with Gasteiger partial charge in [-0.2, -0.15) is 0 Å². The van der Waals surface area contributed by atoms with Crippen molar-refractivity contribution in [1.29, 1.82) is 0 Å². The minimum Gasteiger partial charge on any atom is -0.354 e. The lowest BCUT2D eigenvalue weighted by molar-refractivity contribution is -0.134. The Morgan fingerprint density at radius 3 is 2.63 bits per heavy atom. The van der Waals surface area contributed by atoms with E-state index in [0.29, 0.717) is 19.4 Å². The molecule has 0 saturated carbocycles. The Labute approximate surface area is 162 Å². The van der Waals surface area contributed by atoms with Gasteiger partial charge in [-0.1, -0.05) is 36.4 Å². The van der Waals surface area contributed by atoms with Crippen LogP contribution in [0, 0.1) is 0 Å². The Hall–Kier alpha value is -2.67. The van der Waals surface area contributed by atoms with Crippen LogP contribution < -0.4 is 10.6 Å². The van der Waals surface area contributed by atoms with Crippen molar-refractivity contribution in [2.75, 3.05) is 13.1 Å². The van der Waals surface area contributed by atoms with Gasteiger partial charge in [0.1, 0.15) is 12.1 Å². The number of carbonyl (C=O) groups is 3. The molecule has 7 heteroatoms. The van der Waals surface area contributed by atoms with Gasteiger partial charge in [-0.05, 0) is 43.2 Å². The first-order valence-electron chi connectivity index (χ1n) is 8.95. The summed E-state index contributed by atoms with van der Waals surface area (Å²) >= 11 is 1.63. The van der Waals surface area contributed by atoms with E-state index in [1.54, 1.807) is 18.3 Å². The summed E-state index contributed by atoms with van der Waals surface area (Å²) in [4.78, 5) is 39.3.